The Morgan fingerprint density at radius 3 is 2.61 bits per heavy atom. The lowest BCUT2D eigenvalue weighted by Crippen LogP contribution is -2.47. The third kappa shape index (κ3) is 2.37. The second-order valence-electron chi connectivity index (χ2n) is 9.88. The van der Waals surface area contributed by atoms with E-state index in [0.29, 0.717) is 35.7 Å². The van der Waals surface area contributed by atoms with E-state index in [1.54, 1.807) is 6.07 Å². The number of hydrogen-bond donors (Lipinski definition) is 1. The standard InChI is InChI=1S/C28H22O5/c29-25-21-12-17(27-11-10-22-24(27)28(22,15-27)26(30)31)6-8-19(21)20-9-7-18(13-23(20)33-25)32-14-16-4-2-1-3-5-16/h1-9,12-13,22,24H,10-11,14-15H2,(H,30,31). The molecule has 5 heteroatoms. The highest BCUT2D eigenvalue weighted by molar-refractivity contribution is 6.04. The maximum atomic E-state index is 12.9. The van der Waals surface area contributed by atoms with Crippen molar-refractivity contribution in [1.82, 2.24) is 0 Å². The van der Waals surface area contributed by atoms with Gasteiger partial charge in [-0.3, -0.25) is 4.79 Å². The number of rotatable bonds is 5. The van der Waals surface area contributed by atoms with Crippen molar-refractivity contribution in [2.75, 3.05) is 0 Å². The zero-order valence-electron chi connectivity index (χ0n) is 17.9. The van der Waals surface area contributed by atoms with Crippen LogP contribution in [-0.4, -0.2) is 11.1 Å². The molecule has 0 radical (unpaired) electrons. The second kappa shape index (κ2) is 6.25. The number of hydrogen-bond acceptors (Lipinski definition) is 4. The van der Waals surface area contributed by atoms with E-state index in [1.165, 1.54) is 0 Å². The molecule has 1 N–H and O–H groups in total. The van der Waals surface area contributed by atoms with E-state index in [4.69, 9.17) is 9.15 Å². The van der Waals surface area contributed by atoms with Crippen LogP contribution in [0, 0.1) is 17.3 Å². The van der Waals surface area contributed by atoms with Crippen molar-refractivity contribution in [3.63, 3.8) is 0 Å². The minimum Gasteiger partial charge on any atom is -0.489 e. The van der Waals surface area contributed by atoms with Crippen LogP contribution in [0.25, 0.3) is 21.7 Å². The van der Waals surface area contributed by atoms with Gasteiger partial charge in [-0.25, -0.2) is 4.79 Å². The van der Waals surface area contributed by atoms with Gasteiger partial charge in [0.1, 0.15) is 17.9 Å². The Hall–Kier alpha value is -3.60. The molecular weight excluding hydrogens is 416 g/mol. The van der Waals surface area contributed by atoms with Gasteiger partial charge in [0.25, 0.3) is 0 Å². The molecule has 0 saturated heterocycles. The fourth-order valence-electron chi connectivity index (χ4n) is 7.07. The molecule has 0 amide bonds. The first kappa shape index (κ1) is 18.9. The third-order valence-corrected chi connectivity index (χ3v) is 8.52. The predicted molar refractivity (Wildman–Crippen MR) is 123 cm³/mol. The van der Waals surface area contributed by atoms with Gasteiger partial charge < -0.3 is 14.3 Å². The van der Waals surface area contributed by atoms with Gasteiger partial charge in [-0.2, -0.15) is 0 Å². The molecule has 4 unspecified atom stereocenters. The molecular formula is C28H22O5. The van der Waals surface area contributed by atoms with Crippen molar-refractivity contribution < 1.29 is 19.1 Å². The maximum absolute atomic E-state index is 12.9. The summed E-state index contributed by atoms with van der Waals surface area (Å²) >= 11 is 0. The summed E-state index contributed by atoms with van der Waals surface area (Å²) in [5.74, 6) is 0.517. The smallest absolute Gasteiger partial charge is 0.344 e. The highest BCUT2D eigenvalue weighted by atomic mass is 16.5. The number of benzene rings is 3. The molecule has 3 aromatic carbocycles. The van der Waals surface area contributed by atoms with Crippen LogP contribution in [0.1, 0.15) is 30.4 Å². The van der Waals surface area contributed by atoms with Crippen LogP contribution in [0.3, 0.4) is 0 Å². The average Bonchev–Trinajstić information content (AvgIpc) is 3.24. The molecule has 33 heavy (non-hydrogen) atoms. The summed E-state index contributed by atoms with van der Waals surface area (Å²) in [5, 5.41) is 12.0. The Morgan fingerprint density at radius 2 is 1.85 bits per heavy atom. The molecule has 1 aromatic heterocycles. The maximum Gasteiger partial charge on any atom is 0.344 e. The van der Waals surface area contributed by atoms with Crippen molar-refractivity contribution in [2.45, 2.75) is 31.3 Å². The van der Waals surface area contributed by atoms with Crippen LogP contribution in [0.15, 0.2) is 75.9 Å². The van der Waals surface area contributed by atoms with Gasteiger partial charge in [-0.1, -0.05) is 42.5 Å². The molecule has 0 aliphatic heterocycles. The second-order valence-corrected chi connectivity index (χ2v) is 9.88. The summed E-state index contributed by atoms with van der Waals surface area (Å²) in [6.45, 7) is 0.440. The van der Waals surface area contributed by atoms with Crippen LogP contribution in [0.2, 0.25) is 0 Å². The molecule has 7 rings (SSSR count). The van der Waals surface area contributed by atoms with E-state index in [-0.39, 0.29) is 17.0 Å². The quantitative estimate of drug-likeness (QED) is 0.339. The summed E-state index contributed by atoms with van der Waals surface area (Å²) in [6.07, 6.45) is 2.66. The molecule has 1 heterocycles. The average molecular weight is 438 g/mol. The van der Waals surface area contributed by atoms with Crippen molar-refractivity contribution in [3.8, 4) is 5.75 Å². The minimum atomic E-state index is -0.649. The van der Waals surface area contributed by atoms with Crippen LogP contribution in [0.5, 0.6) is 5.75 Å². The van der Waals surface area contributed by atoms with E-state index in [0.717, 1.165) is 34.7 Å². The largest absolute Gasteiger partial charge is 0.489 e. The Bertz CT molecular complexity index is 1520. The Kier molecular flexibility index (Phi) is 3.58. The van der Waals surface area contributed by atoms with Crippen LogP contribution < -0.4 is 10.4 Å². The molecule has 0 bridgehead atoms. The van der Waals surface area contributed by atoms with Crippen molar-refractivity contribution in [3.05, 3.63) is 88.3 Å². The highest BCUT2D eigenvalue weighted by Gasteiger charge is 2.87. The lowest BCUT2D eigenvalue weighted by atomic mass is 9.56. The van der Waals surface area contributed by atoms with Crippen LogP contribution >= 0.6 is 0 Å². The van der Waals surface area contributed by atoms with Crippen LogP contribution in [0.4, 0.5) is 0 Å². The Labute approximate surface area is 189 Å². The summed E-state index contributed by atoms with van der Waals surface area (Å²) in [5.41, 5.74) is 1.69. The van der Waals surface area contributed by atoms with E-state index in [9.17, 15) is 14.7 Å². The van der Waals surface area contributed by atoms with Gasteiger partial charge in [0.05, 0.1) is 10.8 Å². The Balaban J connectivity index is 1.24. The monoisotopic (exact) mass is 438 g/mol. The summed E-state index contributed by atoms with van der Waals surface area (Å²) in [7, 11) is 0. The number of carboxylic acid groups (broad SMARTS) is 1. The first-order valence-electron chi connectivity index (χ1n) is 11.4. The van der Waals surface area contributed by atoms with Crippen LogP contribution in [-0.2, 0) is 16.8 Å². The normalized spacial score (nSPS) is 29.0. The molecule has 164 valence electrons. The fraction of sp³-hybridized carbons (Fsp3) is 0.286. The Morgan fingerprint density at radius 1 is 1.03 bits per heavy atom. The fourth-order valence-corrected chi connectivity index (χ4v) is 7.07. The summed E-state index contributed by atoms with van der Waals surface area (Å²) < 4.78 is 11.6. The number of ether oxygens (including phenoxy) is 1. The van der Waals surface area contributed by atoms with E-state index < -0.39 is 11.4 Å². The highest BCUT2D eigenvalue weighted by Crippen LogP contribution is 2.87. The molecule has 4 atom stereocenters. The van der Waals surface area contributed by atoms with Gasteiger partial charge in [0.15, 0.2) is 0 Å². The summed E-state index contributed by atoms with van der Waals surface area (Å²) in [4.78, 5) is 24.7. The summed E-state index contributed by atoms with van der Waals surface area (Å²) in [6, 6.07) is 21.6. The third-order valence-electron chi connectivity index (χ3n) is 8.52. The number of carboxylic acids is 1. The van der Waals surface area contributed by atoms with Gasteiger partial charge in [-0.05, 0) is 65.8 Å². The zero-order valence-corrected chi connectivity index (χ0v) is 17.9. The molecule has 5 nitrogen and oxygen atoms in total. The zero-order chi connectivity index (χ0) is 22.4. The van der Waals surface area contributed by atoms with Gasteiger partial charge >= 0.3 is 11.6 Å². The first-order chi connectivity index (χ1) is 16.0. The topological polar surface area (TPSA) is 76.7 Å². The molecule has 4 aromatic rings. The van der Waals surface area contributed by atoms with E-state index in [2.05, 4.69) is 6.07 Å². The number of carbonyl (C=O) groups is 1. The predicted octanol–water partition coefficient (Wildman–Crippen LogP) is 5.28. The number of aliphatic carboxylic acids is 1. The van der Waals surface area contributed by atoms with Gasteiger partial charge in [0, 0.05) is 16.9 Å². The molecule has 3 fully saturated rings. The lowest BCUT2D eigenvalue weighted by Gasteiger charge is -2.46. The first-order valence-corrected chi connectivity index (χ1v) is 11.4. The van der Waals surface area contributed by atoms with Gasteiger partial charge in [-0.15, -0.1) is 0 Å². The van der Waals surface area contributed by atoms with Crippen molar-refractivity contribution >= 4 is 27.7 Å². The van der Waals surface area contributed by atoms with E-state index >= 15 is 0 Å². The molecule has 3 aliphatic rings. The minimum absolute atomic E-state index is 0.0895. The van der Waals surface area contributed by atoms with Gasteiger partial charge in [0.2, 0.25) is 0 Å². The number of fused-ring (bicyclic) bond motifs is 4. The van der Waals surface area contributed by atoms with E-state index in [1.807, 2.05) is 54.6 Å². The van der Waals surface area contributed by atoms with Crippen molar-refractivity contribution in [1.29, 1.82) is 0 Å². The molecule has 0 spiro atoms. The lowest BCUT2D eigenvalue weighted by molar-refractivity contribution is -0.151. The SMILES string of the molecule is O=C(O)C12CC3(c4ccc5c(c4)c(=O)oc4cc(OCc6ccccc6)ccc45)CCC1C32. The molecule has 3 saturated carbocycles. The molecule has 3 aliphatic carbocycles. The van der Waals surface area contributed by atoms with Crippen molar-refractivity contribution in [2.24, 2.45) is 17.3 Å².